The number of nitrogens with one attached hydrogen (secondary N) is 1. The lowest BCUT2D eigenvalue weighted by atomic mass is 10.1. The zero-order valence-corrected chi connectivity index (χ0v) is 12.0. The van der Waals surface area contributed by atoms with Gasteiger partial charge in [-0.05, 0) is 18.6 Å². The molecule has 0 spiro atoms. The number of hydrogen-bond acceptors (Lipinski definition) is 3. The van der Waals surface area contributed by atoms with Gasteiger partial charge in [0.25, 0.3) is 0 Å². The Morgan fingerprint density at radius 3 is 2.41 bits per heavy atom. The Kier molecular flexibility index (Phi) is 3.10. The maximum Gasteiger partial charge on any atom is 0.534 e. The fourth-order valence-corrected chi connectivity index (χ4v) is 2.79. The summed E-state index contributed by atoms with van der Waals surface area (Å²) in [6.45, 7) is 1.48. The van der Waals surface area contributed by atoms with Crippen LogP contribution >= 0.6 is 0 Å². The average molecular weight is 329 g/mol. The molecule has 0 atom stereocenters. The lowest BCUT2D eigenvalue weighted by Crippen LogP contribution is -2.28. The molecule has 0 aliphatic carbocycles. The number of rotatable bonds is 2. The van der Waals surface area contributed by atoms with E-state index in [0.717, 1.165) is 5.39 Å². The first-order valence-electron chi connectivity index (χ1n) is 6.21. The highest BCUT2D eigenvalue weighted by Gasteiger charge is 2.49. The fourth-order valence-electron chi connectivity index (χ4n) is 2.26. The quantitative estimate of drug-likeness (QED) is 0.574. The SMILES string of the molecule is Cc1ccc2c([nH]c3ccccc32)c1OS(=O)(=O)C(F)(F)F. The Balaban J connectivity index is 2.27. The van der Waals surface area contributed by atoms with E-state index in [4.69, 9.17) is 0 Å². The van der Waals surface area contributed by atoms with Crippen molar-refractivity contribution in [3.8, 4) is 5.75 Å². The highest BCUT2D eigenvalue weighted by Crippen LogP contribution is 2.37. The van der Waals surface area contributed by atoms with Gasteiger partial charge >= 0.3 is 15.6 Å². The lowest BCUT2D eigenvalue weighted by molar-refractivity contribution is -0.0499. The van der Waals surface area contributed by atoms with Crippen molar-refractivity contribution in [3.63, 3.8) is 0 Å². The van der Waals surface area contributed by atoms with Gasteiger partial charge < -0.3 is 9.17 Å². The molecule has 1 heterocycles. The summed E-state index contributed by atoms with van der Waals surface area (Å²) in [4.78, 5) is 2.90. The normalized spacial score (nSPS) is 12.9. The van der Waals surface area contributed by atoms with Crippen molar-refractivity contribution >= 4 is 31.9 Å². The number of H-pyrrole nitrogens is 1. The van der Waals surface area contributed by atoms with Gasteiger partial charge in [-0.2, -0.15) is 21.6 Å². The van der Waals surface area contributed by atoms with E-state index in [0.29, 0.717) is 10.9 Å². The molecular weight excluding hydrogens is 319 g/mol. The Bertz CT molecular complexity index is 974. The fraction of sp³-hybridized carbons (Fsp3) is 0.143. The molecule has 0 saturated carbocycles. The molecule has 4 nitrogen and oxygen atoms in total. The minimum absolute atomic E-state index is 0.217. The Labute approximate surface area is 123 Å². The maximum absolute atomic E-state index is 12.5. The highest BCUT2D eigenvalue weighted by atomic mass is 32.2. The summed E-state index contributed by atoms with van der Waals surface area (Å²) in [7, 11) is -5.72. The van der Waals surface area contributed by atoms with Gasteiger partial charge in [-0.15, -0.1) is 0 Å². The van der Waals surface area contributed by atoms with Crippen molar-refractivity contribution in [2.75, 3.05) is 0 Å². The lowest BCUT2D eigenvalue weighted by Gasteiger charge is -2.12. The molecule has 8 heteroatoms. The third-order valence-corrected chi connectivity index (χ3v) is 4.26. The summed E-state index contributed by atoms with van der Waals surface area (Å²) in [6, 6.07) is 10.3. The van der Waals surface area contributed by atoms with E-state index in [9.17, 15) is 21.6 Å². The van der Waals surface area contributed by atoms with Crippen LogP contribution in [0.1, 0.15) is 5.56 Å². The number of aryl methyl sites for hydroxylation is 1. The molecule has 1 aromatic heterocycles. The van der Waals surface area contributed by atoms with Crippen LogP contribution in [-0.2, 0) is 10.1 Å². The molecule has 0 saturated heterocycles. The van der Waals surface area contributed by atoms with Gasteiger partial charge in [0.1, 0.15) is 0 Å². The van der Waals surface area contributed by atoms with Crippen LogP contribution in [0.2, 0.25) is 0 Å². The van der Waals surface area contributed by atoms with Crippen molar-refractivity contribution in [2.45, 2.75) is 12.4 Å². The van der Waals surface area contributed by atoms with Crippen LogP contribution in [0.25, 0.3) is 21.8 Å². The maximum atomic E-state index is 12.5. The molecule has 1 N–H and O–H groups in total. The second kappa shape index (κ2) is 4.64. The summed E-state index contributed by atoms with van der Waals surface area (Å²) in [5, 5.41) is 1.36. The molecule has 2 aromatic carbocycles. The molecule has 0 amide bonds. The van der Waals surface area contributed by atoms with E-state index in [1.807, 2.05) is 0 Å². The predicted octanol–water partition coefficient (Wildman–Crippen LogP) is 3.86. The largest absolute Gasteiger partial charge is 0.534 e. The standard InChI is InChI=1S/C14H10F3NO3S/c1-8-6-7-10-9-4-2-3-5-11(9)18-12(10)13(8)21-22(19,20)14(15,16)17/h2-7,18H,1H3. The van der Waals surface area contributed by atoms with Crippen LogP contribution in [0.3, 0.4) is 0 Å². The van der Waals surface area contributed by atoms with E-state index >= 15 is 0 Å². The predicted molar refractivity (Wildman–Crippen MR) is 76.1 cm³/mol. The highest BCUT2D eigenvalue weighted by molar-refractivity contribution is 7.88. The first-order valence-corrected chi connectivity index (χ1v) is 7.62. The Morgan fingerprint density at radius 1 is 1.05 bits per heavy atom. The van der Waals surface area contributed by atoms with Gasteiger partial charge in [0.15, 0.2) is 5.75 Å². The topological polar surface area (TPSA) is 59.2 Å². The summed E-state index contributed by atoms with van der Waals surface area (Å²) in [5.74, 6) is -0.342. The molecule has 0 radical (unpaired) electrons. The average Bonchev–Trinajstić information content (AvgIpc) is 2.79. The Morgan fingerprint density at radius 2 is 1.73 bits per heavy atom. The molecular formula is C14H10F3NO3S. The Hall–Kier alpha value is -2.22. The number of aromatic nitrogens is 1. The van der Waals surface area contributed by atoms with Crippen LogP contribution < -0.4 is 4.18 Å². The minimum Gasteiger partial charge on any atom is -0.373 e. The van der Waals surface area contributed by atoms with Gasteiger partial charge in [0.2, 0.25) is 0 Å². The van der Waals surface area contributed by atoms with E-state index in [2.05, 4.69) is 9.17 Å². The first-order chi connectivity index (χ1) is 10.2. The van der Waals surface area contributed by atoms with Gasteiger partial charge in [0, 0.05) is 16.3 Å². The molecule has 22 heavy (non-hydrogen) atoms. The number of fused-ring (bicyclic) bond motifs is 3. The smallest absolute Gasteiger partial charge is 0.373 e. The zero-order valence-electron chi connectivity index (χ0n) is 11.2. The van der Waals surface area contributed by atoms with Crippen LogP contribution in [0, 0.1) is 6.92 Å². The summed E-state index contributed by atoms with van der Waals surface area (Å²) in [6.07, 6.45) is 0. The van der Waals surface area contributed by atoms with Crippen molar-refractivity contribution in [1.29, 1.82) is 0 Å². The van der Waals surface area contributed by atoms with E-state index < -0.39 is 15.6 Å². The van der Waals surface area contributed by atoms with E-state index in [-0.39, 0.29) is 16.8 Å². The van der Waals surface area contributed by atoms with Gasteiger partial charge in [-0.3, -0.25) is 0 Å². The van der Waals surface area contributed by atoms with Crippen molar-refractivity contribution in [3.05, 3.63) is 42.0 Å². The first kappa shape index (κ1) is 14.7. The molecule has 0 aliphatic heterocycles. The summed E-state index contributed by atoms with van der Waals surface area (Å²) >= 11 is 0. The second-order valence-electron chi connectivity index (χ2n) is 4.79. The molecule has 3 rings (SSSR count). The summed E-state index contributed by atoms with van der Waals surface area (Å²) in [5.41, 5.74) is -4.30. The zero-order chi connectivity index (χ0) is 16.1. The van der Waals surface area contributed by atoms with Crippen LogP contribution in [0.5, 0.6) is 5.75 Å². The number of aromatic amines is 1. The number of alkyl halides is 3. The van der Waals surface area contributed by atoms with Gasteiger partial charge in [-0.25, -0.2) is 0 Å². The molecule has 116 valence electrons. The summed E-state index contributed by atoms with van der Waals surface area (Å²) < 4.78 is 64.5. The van der Waals surface area contributed by atoms with E-state index in [1.54, 1.807) is 30.3 Å². The third-order valence-electron chi connectivity index (χ3n) is 3.31. The number of hydrogen-bond donors (Lipinski definition) is 1. The van der Waals surface area contributed by atoms with Gasteiger partial charge in [0.05, 0.1) is 5.52 Å². The van der Waals surface area contributed by atoms with Crippen LogP contribution in [0.15, 0.2) is 36.4 Å². The van der Waals surface area contributed by atoms with Gasteiger partial charge in [-0.1, -0.05) is 30.3 Å². The number of halogens is 3. The molecule has 0 bridgehead atoms. The molecule has 3 aromatic rings. The molecule has 0 aliphatic rings. The van der Waals surface area contributed by atoms with Crippen molar-refractivity contribution in [1.82, 2.24) is 4.98 Å². The van der Waals surface area contributed by atoms with E-state index in [1.165, 1.54) is 13.0 Å². The monoisotopic (exact) mass is 329 g/mol. The number of para-hydroxylation sites is 1. The minimum atomic E-state index is -5.72. The van der Waals surface area contributed by atoms with Crippen LogP contribution in [0.4, 0.5) is 13.2 Å². The second-order valence-corrected chi connectivity index (χ2v) is 6.33. The number of benzene rings is 2. The molecule has 0 fully saturated rings. The van der Waals surface area contributed by atoms with Crippen molar-refractivity contribution < 1.29 is 25.8 Å². The van der Waals surface area contributed by atoms with Crippen molar-refractivity contribution in [2.24, 2.45) is 0 Å². The van der Waals surface area contributed by atoms with Crippen LogP contribution in [-0.4, -0.2) is 18.9 Å². The third kappa shape index (κ3) is 2.19. The molecule has 0 unspecified atom stereocenters.